The van der Waals surface area contributed by atoms with E-state index in [1.54, 1.807) is 11.9 Å². The van der Waals surface area contributed by atoms with E-state index in [0.717, 1.165) is 15.9 Å². The first-order valence-corrected chi connectivity index (χ1v) is 6.66. The summed E-state index contributed by atoms with van der Waals surface area (Å²) >= 11 is 3.39. The number of nitrogens with one attached hydrogen (secondary N) is 1. The summed E-state index contributed by atoms with van der Waals surface area (Å²) in [4.78, 5) is 18.1. The second-order valence-corrected chi connectivity index (χ2v) is 5.37. The summed E-state index contributed by atoms with van der Waals surface area (Å²) in [5.41, 5.74) is 1.63. The lowest BCUT2D eigenvalue weighted by Crippen LogP contribution is -2.27. The van der Waals surface area contributed by atoms with Gasteiger partial charge in [-0.2, -0.15) is 5.10 Å². The summed E-state index contributed by atoms with van der Waals surface area (Å²) < 4.78 is 0.966. The molecule has 2 rings (SSSR count). The maximum Gasteiger partial charge on any atom is 0.254 e. The molecule has 0 unspecified atom stereocenters. The van der Waals surface area contributed by atoms with Gasteiger partial charge in [-0.15, -0.1) is 0 Å². The Morgan fingerprint density at radius 2 is 2.16 bits per heavy atom. The minimum absolute atomic E-state index is 0.0348. The summed E-state index contributed by atoms with van der Waals surface area (Å²) in [5, 5.41) is 6.80. The Kier molecular flexibility index (Phi) is 3.99. The predicted molar refractivity (Wildman–Crippen MR) is 75.8 cm³/mol. The van der Waals surface area contributed by atoms with Crippen molar-refractivity contribution in [3.63, 3.8) is 0 Å². The zero-order valence-corrected chi connectivity index (χ0v) is 12.7. The van der Waals surface area contributed by atoms with E-state index >= 15 is 0 Å². The van der Waals surface area contributed by atoms with E-state index in [9.17, 15) is 4.79 Å². The minimum atomic E-state index is -0.0348. The number of carbonyl (C=O) groups is 1. The number of hydrogen-bond acceptors (Lipinski definition) is 3. The Hall–Kier alpha value is -1.69. The molecule has 0 bridgehead atoms. The quantitative estimate of drug-likeness (QED) is 0.944. The fourth-order valence-corrected chi connectivity index (χ4v) is 2.29. The van der Waals surface area contributed by atoms with Gasteiger partial charge in [-0.05, 0) is 37.6 Å². The number of hydrogen-bond donors (Lipinski definition) is 1. The van der Waals surface area contributed by atoms with Gasteiger partial charge in [-0.1, -0.05) is 15.9 Å². The molecule has 19 heavy (non-hydrogen) atoms. The average Bonchev–Trinajstić information content (AvgIpc) is 2.74. The molecule has 6 heteroatoms. The predicted octanol–water partition coefficient (Wildman–Crippen LogP) is 2.46. The highest BCUT2D eigenvalue weighted by molar-refractivity contribution is 9.10. The third-order valence-electron chi connectivity index (χ3n) is 2.79. The molecule has 5 nitrogen and oxygen atoms in total. The van der Waals surface area contributed by atoms with Crippen molar-refractivity contribution in [3.8, 4) is 0 Å². The Balaban J connectivity index is 2.14. The zero-order chi connectivity index (χ0) is 14.0. The van der Waals surface area contributed by atoms with Gasteiger partial charge in [-0.25, -0.2) is 4.98 Å². The van der Waals surface area contributed by atoms with Crippen LogP contribution in [0, 0.1) is 13.8 Å². The van der Waals surface area contributed by atoms with E-state index in [1.807, 2.05) is 32.0 Å². The van der Waals surface area contributed by atoms with Gasteiger partial charge in [0.05, 0.1) is 6.54 Å². The van der Waals surface area contributed by atoms with Gasteiger partial charge in [0, 0.05) is 17.1 Å². The molecule has 0 aliphatic carbocycles. The number of nitrogens with zero attached hydrogens (tertiary/aromatic N) is 3. The highest BCUT2D eigenvalue weighted by Crippen LogP contribution is 2.17. The monoisotopic (exact) mass is 322 g/mol. The maximum atomic E-state index is 12.3. The van der Waals surface area contributed by atoms with E-state index in [0.29, 0.717) is 17.9 Å². The summed E-state index contributed by atoms with van der Waals surface area (Å²) in [6, 6.07) is 5.62. The van der Waals surface area contributed by atoms with Gasteiger partial charge in [0.2, 0.25) is 0 Å². The Morgan fingerprint density at radius 1 is 1.42 bits per heavy atom. The standard InChI is InChI=1S/C13H15BrN4O/c1-8-6-10(14)4-5-11(8)13(19)18(3)7-12-15-9(2)16-17-12/h4-6H,7H2,1-3H3,(H,15,16,17). The largest absolute Gasteiger partial charge is 0.334 e. The molecule has 0 spiro atoms. The molecule has 1 N–H and O–H groups in total. The van der Waals surface area contributed by atoms with Crippen LogP contribution in [-0.4, -0.2) is 33.0 Å². The second-order valence-electron chi connectivity index (χ2n) is 4.46. The lowest BCUT2D eigenvalue weighted by atomic mass is 10.1. The first-order chi connectivity index (χ1) is 8.97. The summed E-state index contributed by atoms with van der Waals surface area (Å²) in [7, 11) is 1.75. The van der Waals surface area contributed by atoms with Crippen molar-refractivity contribution < 1.29 is 4.79 Å². The van der Waals surface area contributed by atoms with Gasteiger partial charge in [0.15, 0.2) is 5.82 Å². The van der Waals surface area contributed by atoms with Crippen molar-refractivity contribution in [2.45, 2.75) is 20.4 Å². The molecule has 0 aliphatic heterocycles. The number of aromatic amines is 1. The van der Waals surface area contributed by atoms with E-state index in [2.05, 4.69) is 31.1 Å². The van der Waals surface area contributed by atoms with Gasteiger partial charge >= 0.3 is 0 Å². The van der Waals surface area contributed by atoms with Crippen molar-refractivity contribution >= 4 is 21.8 Å². The van der Waals surface area contributed by atoms with E-state index in [4.69, 9.17) is 0 Å². The number of aryl methyl sites for hydroxylation is 2. The van der Waals surface area contributed by atoms with Gasteiger partial charge in [0.25, 0.3) is 5.91 Å². The van der Waals surface area contributed by atoms with Gasteiger partial charge < -0.3 is 4.90 Å². The van der Waals surface area contributed by atoms with Crippen LogP contribution in [0.5, 0.6) is 0 Å². The molecule has 0 saturated heterocycles. The molecule has 0 aliphatic rings. The summed E-state index contributed by atoms with van der Waals surface area (Å²) in [6.45, 7) is 4.14. The van der Waals surface area contributed by atoms with E-state index < -0.39 is 0 Å². The van der Waals surface area contributed by atoms with Crippen LogP contribution in [0.2, 0.25) is 0 Å². The molecule has 0 atom stereocenters. The fraction of sp³-hybridized carbons (Fsp3) is 0.308. The molecular formula is C13H15BrN4O. The number of aromatic nitrogens is 3. The van der Waals surface area contributed by atoms with Crippen molar-refractivity contribution in [2.75, 3.05) is 7.05 Å². The number of amides is 1. The lowest BCUT2D eigenvalue weighted by molar-refractivity contribution is 0.0781. The number of halogens is 1. The zero-order valence-electron chi connectivity index (χ0n) is 11.1. The van der Waals surface area contributed by atoms with Crippen LogP contribution in [0.25, 0.3) is 0 Å². The third-order valence-corrected chi connectivity index (χ3v) is 3.28. The van der Waals surface area contributed by atoms with Crippen molar-refractivity contribution in [2.24, 2.45) is 0 Å². The fourth-order valence-electron chi connectivity index (χ4n) is 1.82. The van der Waals surface area contributed by atoms with Crippen LogP contribution in [0.3, 0.4) is 0 Å². The highest BCUT2D eigenvalue weighted by Gasteiger charge is 2.15. The second kappa shape index (κ2) is 5.52. The smallest absolute Gasteiger partial charge is 0.254 e. The highest BCUT2D eigenvalue weighted by atomic mass is 79.9. The molecule has 0 fully saturated rings. The van der Waals surface area contributed by atoms with E-state index in [1.165, 1.54) is 0 Å². The van der Waals surface area contributed by atoms with Crippen LogP contribution in [0.15, 0.2) is 22.7 Å². The number of rotatable bonds is 3. The van der Waals surface area contributed by atoms with Crippen LogP contribution in [-0.2, 0) is 6.54 Å². The summed E-state index contributed by atoms with van der Waals surface area (Å²) in [5.74, 6) is 1.33. The van der Waals surface area contributed by atoms with Gasteiger partial charge in [-0.3, -0.25) is 9.89 Å². The van der Waals surface area contributed by atoms with E-state index in [-0.39, 0.29) is 5.91 Å². The molecule has 1 aromatic carbocycles. The Labute approximate surface area is 120 Å². The van der Waals surface area contributed by atoms with Crippen LogP contribution in [0.4, 0.5) is 0 Å². The van der Waals surface area contributed by atoms with Crippen LogP contribution < -0.4 is 0 Å². The SMILES string of the molecule is Cc1nc(CN(C)C(=O)c2ccc(Br)cc2C)n[nH]1. The van der Waals surface area contributed by atoms with Crippen molar-refractivity contribution in [3.05, 3.63) is 45.4 Å². The molecule has 1 heterocycles. The van der Waals surface area contributed by atoms with Crippen LogP contribution >= 0.6 is 15.9 Å². The molecule has 0 radical (unpaired) electrons. The molecule has 1 amide bonds. The number of carbonyl (C=O) groups excluding carboxylic acids is 1. The third kappa shape index (κ3) is 3.20. The topological polar surface area (TPSA) is 61.9 Å². The molecule has 100 valence electrons. The van der Waals surface area contributed by atoms with Gasteiger partial charge in [0.1, 0.15) is 5.82 Å². The Morgan fingerprint density at radius 3 is 2.74 bits per heavy atom. The molecule has 0 saturated carbocycles. The number of H-pyrrole nitrogens is 1. The Bertz CT molecular complexity index is 608. The van der Waals surface area contributed by atoms with Crippen LogP contribution in [0.1, 0.15) is 27.6 Å². The average molecular weight is 323 g/mol. The van der Waals surface area contributed by atoms with Crippen molar-refractivity contribution in [1.82, 2.24) is 20.1 Å². The first kappa shape index (κ1) is 13.7. The molecular weight excluding hydrogens is 308 g/mol. The summed E-state index contributed by atoms with van der Waals surface area (Å²) in [6.07, 6.45) is 0. The lowest BCUT2D eigenvalue weighted by Gasteiger charge is -2.16. The normalized spacial score (nSPS) is 10.5. The first-order valence-electron chi connectivity index (χ1n) is 5.87. The number of benzene rings is 1. The maximum absolute atomic E-state index is 12.3. The van der Waals surface area contributed by atoms with Crippen molar-refractivity contribution in [1.29, 1.82) is 0 Å². The molecule has 2 aromatic rings. The minimum Gasteiger partial charge on any atom is -0.334 e. The molecule has 1 aromatic heterocycles.